The van der Waals surface area contributed by atoms with E-state index >= 15 is 0 Å². The molecule has 264 valence electrons. The molecule has 0 bridgehead atoms. The van der Waals surface area contributed by atoms with Gasteiger partial charge in [0.05, 0.1) is 5.69 Å². The molecule has 7 aromatic carbocycles. The molecule has 0 fully saturated rings. The summed E-state index contributed by atoms with van der Waals surface area (Å²) in [4.78, 5) is 2.25. The van der Waals surface area contributed by atoms with Crippen LogP contribution in [-0.2, 0) is 18.4 Å². The molecule has 3 heteroatoms. The summed E-state index contributed by atoms with van der Waals surface area (Å²) in [6.45, 7) is 9.78. The van der Waals surface area contributed by atoms with Gasteiger partial charge in [0.2, 0.25) is 0 Å². The predicted molar refractivity (Wildman–Crippen MR) is 230 cm³/mol. The zero-order chi connectivity index (χ0) is 37.2. The number of rotatable bonds is 5. The van der Waals surface area contributed by atoms with Gasteiger partial charge in [-0.3, -0.25) is 0 Å². The largest absolute Gasteiger partial charge is 0.398 e. The third kappa shape index (κ3) is 6.44. The van der Waals surface area contributed by atoms with E-state index in [2.05, 4.69) is 195 Å². The van der Waals surface area contributed by atoms with E-state index in [1.807, 2.05) is 6.07 Å². The van der Waals surface area contributed by atoms with Crippen LogP contribution in [0, 0.1) is 0 Å². The van der Waals surface area contributed by atoms with Gasteiger partial charge in [0.1, 0.15) is 0 Å². The number of benzene rings is 7. The van der Waals surface area contributed by atoms with E-state index in [9.17, 15) is 0 Å². The zero-order valence-corrected chi connectivity index (χ0v) is 31.0. The molecule has 1 heterocycles. The Labute approximate surface area is 319 Å². The summed E-state index contributed by atoms with van der Waals surface area (Å²) in [5.41, 5.74) is 28.8. The quantitative estimate of drug-likeness (QED) is 0.188. The van der Waals surface area contributed by atoms with Gasteiger partial charge in [-0.25, -0.2) is 0 Å². The minimum atomic E-state index is 0.0944. The van der Waals surface area contributed by atoms with Crippen molar-refractivity contribution in [2.24, 2.45) is 11.5 Å². The van der Waals surface area contributed by atoms with Crippen molar-refractivity contribution in [3.8, 4) is 11.1 Å². The van der Waals surface area contributed by atoms with Crippen LogP contribution in [0.2, 0.25) is 0 Å². The number of anilines is 2. The highest BCUT2D eigenvalue weighted by molar-refractivity contribution is 6.05. The molecular formula is C51H45N3. The van der Waals surface area contributed by atoms with Crippen molar-refractivity contribution >= 4 is 39.5 Å². The Bertz CT molecular complexity index is 2570. The lowest BCUT2D eigenvalue weighted by Crippen LogP contribution is -2.15. The highest BCUT2D eigenvalue weighted by Gasteiger charge is 2.35. The highest BCUT2D eigenvalue weighted by atomic mass is 15.1. The van der Waals surface area contributed by atoms with E-state index in [1.165, 1.54) is 44.2 Å². The monoisotopic (exact) mass is 699 g/mol. The van der Waals surface area contributed by atoms with Gasteiger partial charge in [-0.05, 0) is 97.1 Å². The van der Waals surface area contributed by atoms with Crippen LogP contribution in [0.25, 0.3) is 39.2 Å². The van der Waals surface area contributed by atoms with Crippen LogP contribution in [-0.4, -0.2) is 0 Å². The van der Waals surface area contributed by atoms with E-state index in [-0.39, 0.29) is 5.41 Å². The van der Waals surface area contributed by atoms with Crippen molar-refractivity contribution in [3.63, 3.8) is 0 Å². The Morgan fingerprint density at radius 3 is 2.22 bits per heavy atom. The van der Waals surface area contributed by atoms with Gasteiger partial charge in [-0.15, -0.1) is 0 Å². The topological polar surface area (TPSA) is 55.3 Å². The lowest BCUT2D eigenvalue weighted by Gasteiger charge is -2.28. The van der Waals surface area contributed by atoms with Gasteiger partial charge < -0.3 is 16.4 Å². The molecule has 1 aliphatic carbocycles. The Hall–Kier alpha value is -6.42. The van der Waals surface area contributed by atoms with Crippen LogP contribution >= 0.6 is 0 Å². The standard InChI is InChI=1S/C35H28N2.C16H17N/c1-25-31-16-7-5-13-28(31)22-23-37(34-21-19-27-12-6-8-17-32(27)35(25)34)30-15-9-14-29(24-30)33(36)20-18-26-10-3-2-4-11-26;1-16(2)14-6-4-3-5-12(14)13-8-7-11(10-17)9-15(13)16/h2-17,19-24H,1,18,36H2;3-9H,10,17H2,1-2H3/b23-22-,33-20-;. The van der Waals surface area contributed by atoms with E-state index in [0.717, 1.165) is 51.3 Å². The molecule has 0 spiro atoms. The summed E-state index contributed by atoms with van der Waals surface area (Å²) < 4.78 is 0. The average Bonchev–Trinajstić information content (AvgIpc) is 3.45. The lowest BCUT2D eigenvalue weighted by molar-refractivity contribution is 0.659. The molecule has 0 amide bonds. The average molecular weight is 700 g/mol. The van der Waals surface area contributed by atoms with Crippen LogP contribution in [0.3, 0.4) is 0 Å². The molecule has 0 saturated heterocycles. The summed E-state index contributed by atoms with van der Waals surface area (Å²) in [6, 6.07) is 55.5. The van der Waals surface area contributed by atoms with Crippen LogP contribution in [0.5, 0.6) is 0 Å². The second-order valence-electron chi connectivity index (χ2n) is 14.6. The molecule has 0 unspecified atom stereocenters. The maximum absolute atomic E-state index is 6.56. The minimum Gasteiger partial charge on any atom is -0.398 e. The number of allylic oxidation sites excluding steroid dienone is 1. The third-order valence-electron chi connectivity index (χ3n) is 10.9. The number of fused-ring (bicyclic) bond motifs is 7. The molecule has 54 heavy (non-hydrogen) atoms. The fraction of sp³-hybridized carbons (Fsp3) is 0.0980. The molecule has 0 aromatic heterocycles. The van der Waals surface area contributed by atoms with Gasteiger partial charge >= 0.3 is 0 Å². The van der Waals surface area contributed by atoms with Crippen molar-refractivity contribution in [1.29, 1.82) is 0 Å². The molecule has 0 saturated carbocycles. The SMILES string of the molecule is C=C1c2ccccc2/C=C\N(c2cccc(/C(N)=C/Cc3ccccc3)c2)c2ccc3ccccc3c21.CC1(C)c2ccccc2-c2ccc(CN)cc21. The lowest BCUT2D eigenvalue weighted by atomic mass is 9.82. The van der Waals surface area contributed by atoms with Crippen LogP contribution < -0.4 is 16.4 Å². The molecule has 1 aliphatic heterocycles. The third-order valence-corrected chi connectivity index (χ3v) is 10.9. The summed E-state index contributed by atoms with van der Waals surface area (Å²) in [5, 5.41) is 2.39. The first-order valence-corrected chi connectivity index (χ1v) is 18.6. The predicted octanol–water partition coefficient (Wildman–Crippen LogP) is 12.0. The van der Waals surface area contributed by atoms with Gasteiger partial charge in [-0.2, -0.15) is 0 Å². The number of nitrogens with zero attached hydrogens (tertiary/aromatic N) is 1. The van der Waals surface area contributed by atoms with Crippen molar-refractivity contribution in [2.45, 2.75) is 32.2 Å². The Morgan fingerprint density at radius 1 is 0.667 bits per heavy atom. The smallest absolute Gasteiger partial charge is 0.0540 e. The fourth-order valence-electron chi connectivity index (χ4n) is 7.96. The first-order valence-electron chi connectivity index (χ1n) is 18.6. The van der Waals surface area contributed by atoms with Crippen molar-refractivity contribution in [2.75, 3.05) is 4.90 Å². The summed E-state index contributed by atoms with van der Waals surface area (Å²) >= 11 is 0. The van der Waals surface area contributed by atoms with E-state index in [0.29, 0.717) is 6.54 Å². The maximum Gasteiger partial charge on any atom is 0.0540 e. The van der Waals surface area contributed by atoms with E-state index in [1.54, 1.807) is 0 Å². The molecule has 0 radical (unpaired) electrons. The first kappa shape index (κ1) is 34.7. The molecule has 7 aromatic rings. The maximum atomic E-state index is 6.56. The normalized spacial score (nSPS) is 14.5. The minimum absolute atomic E-state index is 0.0944. The molecular weight excluding hydrogens is 655 g/mol. The first-order chi connectivity index (χ1) is 26.3. The summed E-state index contributed by atoms with van der Waals surface area (Å²) in [5.74, 6) is 0. The Morgan fingerprint density at radius 2 is 1.39 bits per heavy atom. The summed E-state index contributed by atoms with van der Waals surface area (Å²) in [6.07, 6.45) is 7.21. The molecule has 4 N–H and O–H groups in total. The van der Waals surface area contributed by atoms with Gasteiger partial charge in [0.25, 0.3) is 0 Å². The second-order valence-corrected chi connectivity index (χ2v) is 14.6. The number of nitrogens with two attached hydrogens (primary N) is 2. The Balaban J connectivity index is 0.000000202. The highest BCUT2D eigenvalue weighted by Crippen LogP contribution is 2.48. The van der Waals surface area contributed by atoms with E-state index in [4.69, 9.17) is 11.5 Å². The van der Waals surface area contributed by atoms with Crippen molar-refractivity contribution in [1.82, 2.24) is 0 Å². The number of hydrogen-bond acceptors (Lipinski definition) is 3. The van der Waals surface area contributed by atoms with Crippen LogP contribution in [0.4, 0.5) is 11.4 Å². The Kier molecular flexibility index (Phi) is 9.33. The fourth-order valence-corrected chi connectivity index (χ4v) is 7.96. The van der Waals surface area contributed by atoms with E-state index < -0.39 is 0 Å². The summed E-state index contributed by atoms with van der Waals surface area (Å²) in [7, 11) is 0. The van der Waals surface area contributed by atoms with Crippen molar-refractivity contribution < 1.29 is 0 Å². The van der Waals surface area contributed by atoms with Crippen LogP contribution in [0.1, 0.15) is 58.4 Å². The number of hydrogen-bond donors (Lipinski definition) is 2. The zero-order valence-electron chi connectivity index (χ0n) is 31.0. The van der Waals surface area contributed by atoms with Gasteiger partial charge in [0.15, 0.2) is 0 Å². The molecule has 2 aliphatic rings. The van der Waals surface area contributed by atoms with Crippen molar-refractivity contribution in [3.05, 3.63) is 221 Å². The second kappa shape index (κ2) is 14.5. The molecule has 0 atom stereocenters. The molecule has 9 rings (SSSR count). The van der Waals surface area contributed by atoms with Gasteiger partial charge in [-0.1, -0.05) is 166 Å². The van der Waals surface area contributed by atoms with Crippen LogP contribution in [0.15, 0.2) is 177 Å². The van der Waals surface area contributed by atoms with Gasteiger partial charge in [0, 0.05) is 35.1 Å². The molecule has 3 nitrogen and oxygen atoms in total.